The number of carbonyl (C=O) groups is 5. The number of ether oxygens (including phenoxy) is 1. The van der Waals surface area contributed by atoms with E-state index in [0.29, 0.717) is 30.6 Å². The Morgan fingerprint density at radius 3 is 2.06 bits per heavy atom. The highest BCUT2D eigenvalue weighted by atomic mass is 19.1. The Bertz CT molecular complexity index is 722. The molecule has 1 rings (SSSR count). The Morgan fingerprint density at radius 1 is 1.11 bits per heavy atom. The van der Waals surface area contributed by atoms with E-state index in [1.165, 1.54) is 6.42 Å². The molecule has 0 bridgehead atoms. The highest BCUT2D eigenvalue weighted by molar-refractivity contribution is 5.95. The number of hydrogen-bond acceptors (Lipinski definition) is 8. The van der Waals surface area contributed by atoms with Crippen LogP contribution < -0.4 is 32.7 Å². The van der Waals surface area contributed by atoms with Gasteiger partial charge in [0, 0.05) is 12.2 Å². The lowest BCUT2D eigenvalue weighted by Gasteiger charge is -2.16. The number of benzene rings is 1. The summed E-state index contributed by atoms with van der Waals surface area (Å²) >= 11 is 0. The molecule has 0 heterocycles. The minimum Gasteiger partial charge on any atom is -0.435 e. The van der Waals surface area contributed by atoms with Gasteiger partial charge in [-0.15, -0.1) is 4.39 Å². The van der Waals surface area contributed by atoms with E-state index in [-0.39, 0.29) is 31.4 Å². The number of primary amides is 1. The molecule has 13 heteroatoms. The molecule has 12 nitrogen and oxygen atoms in total. The largest absolute Gasteiger partial charge is 0.495 e. The number of anilines is 1. The third-order valence-corrected chi connectivity index (χ3v) is 3.64. The Kier molecular flexibility index (Phi) is 28.4. The summed E-state index contributed by atoms with van der Waals surface area (Å²) in [5.41, 5.74) is 10.2. The van der Waals surface area contributed by atoms with Crippen molar-refractivity contribution in [3.8, 4) is 0 Å². The lowest BCUT2D eigenvalue weighted by atomic mass is 10.1. The minimum absolute atomic E-state index is 0.0911. The Hall–Kier alpha value is -3.58. The second-order valence-corrected chi connectivity index (χ2v) is 6.80. The molecule has 1 atom stereocenters. The van der Waals surface area contributed by atoms with Gasteiger partial charge in [0.25, 0.3) is 0 Å². The molecule has 0 radical (unpaired) electrons. The summed E-state index contributed by atoms with van der Waals surface area (Å²) < 4.78 is 16.2. The van der Waals surface area contributed by atoms with Crippen molar-refractivity contribution in [3.63, 3.8) is 0 Å². The molecule has 8 N–H and O–H groups in total. The van der Waals surface area contributed by atoms with Crippen molar-refractivity contribution in [3.05, 3.63) is 29.8 Å². The first-order chi connectivity index (χ1) is 17.2. The molecule has 1 aromatic rings. The molecule has 206 valence electrons. The van der Waals surface area contributed by atoms with Gasteiger partial charge in [-0.05, 0) is 51.1 Å². The first kappa shape index (κ1) is 37.0. The van der Waals surface area contributed by atoms with Crippen LogP contribution in [0.15, 0.2) is 24.3 Å². The van der Waals surface area contributed by atoms with Crippen LogP contribution in [-0.2, 0) is 30.5 Å². The van der Waals surface area contributed by atoms with Crippen molar-refractivity contribution in [2.24, 2.45) is 11.5 Å². The van der Waals surface area contributed by atoms with Crippen LogP contribution in [0.2, 0.25) is 0 Å². The van der Waals surface area contributed by atoms with E-state index >= 15 is 0 Å². The summed E-state index contributed by atoms with van der Waals surface area (Å²) in [7, 11) is 1.81. The van der Waals surface area contributed by atoms with Gasteiger partial charge < -0.3 is 37.5 Å². The van der Waals surface area contributed by atoms with Gasteiger partial charge in [0.05, 0.1) is 6.54 Å². The molecule has 0 saturated carbocycles. The van der Waals surface area contributed by atoms with Gasteiger partial charge in [0.15, 0.2) is 0 Å². The van der Waals surface area contributed by atoms with Crippen LogP contribution in [0.1, 0.15) is 45.6 Å². The Morgan fingerprint density at radius 2 is 1.67 bits per heavy atom. The number of rotatable bonds is 12. The van der Waals surface area contributed by atoms with Crippen LogP contribution in [-0.4, -0.2) is 63.6 Å². The van der Waals surface area contributed by atoms with Gasteiger partial charge in [0.2, 0.25) is 24.6 Å². The predicted octanol–water partition coefficient (Wildman–Crippen LogP) is 0.944. The molecule has 0 saturated heterocycles. The maximum atomic E-state index is 12.1. The summed E-state index contributed by atoms with van der Waals surface area (Å²) in [6.07, 6.45) is 1.41. The maximum absolute atomic E-state index is 12.1. The molecule has 0 fully saturated rings. The number of likely N-dealkylation sites (N-methyl/N-ethyl adjacent to an activating group) is 1. The number of hydrogen-bond donors (Lipinski definition) is 6. The van der Waals surface area contributed by atoms with E-state index in [2.05, 4.69) is 45.6 Å². The van der Waals surface area contributed by atoms with E-state index in [1.54, 1.807) is 24.3 Å². The summed E-state index contributed by atoms with van der Waals surface area (Å²) in [6, 6.07) is 5.78. The monoisotopic (exact) mass is 516 g/mol. The molecular formula is C23H41FN6O6. The van der Waals surface area contributed by atoms with Gasteiger partial charge in [0.1, 0.15) is 12.6 Å². The van der Waals surface area contributed by atoms with Crippen molar-refractivity contribution in [2.45, 2.75) is 52.7 Å². The molecule has 0 aliphatic rings. The van der Waals surface area contributed by atoms with Gasteiger partial charge in [-0.3, -0.25) is 19.2 Å². The first-order valence-electron chi connectivity index (χ1n) is 11.4. The van der Waals surface area contributed by atoms with Crippen LogP contribution in [0.25, 0.3) is 0 Å². The zero-order valence-electron chi connectivity index (χ0n) is 21.5. The molecule has 0 aliphatic carbocycles. The standard InChI is InChI=1S/C15H20FN3O4.C4H10N2O.C3H8.CH3NO/c1-17-8-2-3-13(18-10-20)14(21)19-12-6-4-11(5-7-12)9-23-15(16)22;1-2-6-4(7)3-5;1-3-2;2-1-3/h4-7,10,13,17H,2-3,8-9H2,1H3,(H,18,20)(H,19,21);2-3,5H2,1H3,(H,6,7);3H2,1-2H3;1H,(H2,2,3). The Labute approximate surface area is 212 Å². The predicted molar refractivity (Wildman–Crippen MR) is 136 cm³/mol. The van der Waals surface area contributed by atoms with E-state index < -0.39 is 12.3 Å². The third-order valence-electron chi connectivity index (χ3n) is 3.64. The molecule has 0 aliphatic heterocycles. The van der Waals surface area contributed by atoms with E-state index in [9.17, 15) is 23.6 Å². The summed E-state index contributed by atoms with van der Waals surface area (Å²) in [6.45, 7) is 7.42. The number of halogens is 1. The molecular weight excluding hydrogens is 475 g/mol. The van der Waals surface area contributed by atoms with Crippen molar-refractivity contribution in [2.75, 3.05) is 32.0 Å². The molecule has 1 unspecified atom stereocenters. The number of nitrogens with one attached hydrogen (secondary N) is 4. The van der Waals surface area contributed by atoms with Crippen LogP contribution >= 0.6 is 0 Å². The van der Waals surface area contributed by atoms with Crippen LogP contribution in [0.5, 0.6) is 0 Å². The second kappa shape index (κ2) is 27.7. The maximum Gasteiger partial charge on any atom is 0.495 e. The van der Waals surface area contributed by atoms with E-state index in [0.717, 1.165) is 13.0 Å². The zero-order chi connectivity index (χ0) is 28.2. The molecule has 1 aromatic carbocycles. The fourth-order valence-electron chi connectivity index (χ4n) is 2.18. The highest BCUT2D eigenvalue weighted by Gasteiger charge is 2.17. The molecule has 36 heavy (non-hydrogen) atoms. The van der Waals surface area contributed by atoms with Crippen molar-refractivity contribution < 1.29 is 33.1 Å². The Balaban J connectivity index is -0.000000692. The average Bonchev–Trinajstić information content (AvgIpc) is 2.84. The first-order valence-corrected chi connectivity index (χ1v) is 11.4. The smallest absolute Gasteiger partial charge is 0.435 e. The highest BCUT2D eigenvalue weighted by Crippen LogP contribution is 2.12. The molecule has 0 spiro atoms. The van der Waals surface area contributed by atoms with E-state index in [4.69, 9.17) is 10.5 Å². The summed E-state index contributed by atoms with van der Waals surface area (Å²) in [5.74, 6) is -0.418. The van der Waals surface area contributed by atoms with Crippen LogP contribution in [0.3, 0.4) is 0 Å². The summed E-state index contributed by atoms with van der Waals surface area (Å²) in [4.78, 5) is 51.6. The quantitative estimate of drug-likeness (QED) is 0.134. The average molecular weight is 517 g/mol. The van der Waals surface area contributed by atoms with Crippen molar-refractivity contribution >= 4 is 36.5 Å². The van der Waals surface area contributed by atoms with E-state index in [1.807, 2.05) is 14.0 Å². The van der Waals surface area contributed by atoms with Gasteiger partial charge >= 0.3 is 6.22 Å². The number of nitrogens with two attached hydrogens (primary N) is 2. The minimum atomic E-state index is -1.84. The van der Waals surface area contributed by atoms with Gasteiger partial charge in [-0.25, -0.2) is 4.79 Å². The topological polar surface area (TPSA) is 195 Å². The lowest BCUT2D eigenvalue weighted by Crippen LogP contribution is -2.40. The third kappa shape index (κ3) is 25.1. The number of amides is 4. The van der Waals surface area contributed by atoms with Crippen LogP contribution in [0.4, 0.5) is 14.9 Å². The van der Waals surface area contributed by atoms with Gasteiger partial charge in [-0.2, -0.15) is 0 Å². The van der Waals surface area contributed by atoms with Crippen molar-refractivity contribution in [1.82, 2.24) is 16.0 Å². The molecule has 4 amide bonds. The zero-order valence-corrected chi connectivity index (χ0v) is 21.5. The van der Waals surface area contributed by atoms with Gasteiger partial charge in [-0.1, -0.05) is 32.4 Å². The van der Waals surface area contributed by atoms with Crippen LogP contribution in [0, 0.1) is 0 Å². The summed E-state index contributed by atoms with van der Waals surface area (Å²) in [5, 5.41) is 10.7. The normalized spacial score (nSPS) is 9.72. The lowest BCUT2D eigenvalue weighted by molar-refractivity contribution is -0.121. The van der Waals surface area contributed by atoms with Crippen molar-refractivity contribution in [1.29, 1.82) is 0 Å². The number of carbonyl (C=O) groups excluding carboxylic acids is 5. The fourth-order valence-corrected chi connectivity index (χ4v) is 2.18. The molecule has 0 aromatic heterocycles. The SMILES string of the molecule is CCC.CCNC(=O)CN.CNCCCC(NC=O)C(=O)Nc1ccc(COC(=O)F)cc1.NC=O. The second-order valence-electron chi connectivity index (χ2n) is 6.80. The fraction of sp³-hybridized carbons (Fsp3) is 0.522.